The Morgan fingerprint density at radius 3 is 2.52 bits per heavy atom. The molecule has 0 saturated carbocycles. The molecule has 23 heavy (non-hydrogen) atoms. The Kier molecular flexibility index (Phi) is 6.75. The number of hydrogen-bond acceptors (Lipinski definition) is 4. The maximum absolute atomic E-state index is 5.86. The highest BCUT2D eigenvalue weighted by Crippen LogP contribution is 2.17. The van der Waals surface area contributed by atoms with E-state index < -0.39 is 0 Å². The molecule has 0 radical (unpaired) electrons. The van der Waals surface area contributed by atoms with E-state index in [4.69, 9.17) is 9.47 Å². The van der Waals surface area contributed by atoms with Gasteiger partial charge in [0.2, 0.25) is 0 Å². The van der Waals surface area contributed by atoms with Gasteiger partial charge in [0.05, 0.1) is 20.2 Å². The molecule has 0 aliphatic carbocycles. The molecule has 1 aromatic carbocycles. The van der Waals surface area contributed by atoms with Crippen molar-refractivity contribution in [2.24, 2.45) is 4.99 Å². The molecule has 0 saturated heterocycles. The summed E-state index contributed by atoms with van der Waals surface area (Å²) >= 11 is 1.72. The Labute approximate surface area is 141 Å². The lowest BCUT2D eigenvalue weighted by atomic mass is 10.3. The standard InChI is InChI=1S/C17H23N3O2S/c1-13(22-15-8-6-14(21-3)7-9-15)11-19-17(18-2)20-12-16-5-4-10-23-16/h4-10,13H,11-12H2,1-3H3,(H2,18,19,20). The quantitative estimate of drug-likeness (QED) is 0.604. The number of thiophene rings is 1. The van der Waals surface area contributed by atoms with Crippen LogP contribution in [0.25, 0.3) is 0 Å². The van der Waals surface area contributed by atoms with Gasteiger partial charge in [0, 0.05) is 11.9 Å². The van der Waals surface area contributed by atoms with E-state index in [2.05, 4.69) is 27.1 Å². The summed E-state index contributed by atoms with van der Waals surface area (Å²) in [6.45, 7) is 3.45. The summed E-state index contributed by atoms with van der Waals surface area (Å²) in [6, 6.07) is 11.7. The molecule has 6 heteroatoms. The molecule has 2 aromatic rings. The van der Waals surface area contributed by atoms with E-state index in [9.17, 15) is 0 Å². The van der Waals surface area contributed by atoms with Gasteiger partial charge in [0.15, 0.2) is 5.96 Å². The van der Waals surface area contributed by atoms with Crippen molar-refractivity contribution < 1.29 is 9.47 Å². The fourth-order valence-electron chi connectivity index (χ4n) is 1.97. The lowest BCUT2D eigenvalue weighted by Gasteiger charge is -2.17. The first-order valence-electron chi connectivity index (χ1n) is 7.49. The van der Waals surface area contributed by atoms with E-state index in [1.54, 1.807) is 25.5 Å². The first kappa shape index (κ1) is 17.1. The van der Waals surface area contributed by atoms with Crippen LogP contribution in [0.15, 0.2) is 46.8 Å². The van der Waals surface area contributed by atoms with Crippen molar-refractivity contribution in [2.45, 2.75) is 19.6 Å². The van der Waals surface area contributed by atoms with E-state index in [1.807, 2.05) is 37.3 Å². The van der Waals surface area contributed by atoms with Crippen molar-refractivity contribution in [1.29, 1.82) is 0 Å². The molecule has 1 unspecified atom stereocenters. The summed E-state index contributed by atoms with van der Waals surface area (Å²) in [5, 5.41) is 8.62. The number of methoxy groups -OCH3 is 1. The molecule has 1 atom stereocenters. The zero-order valence-corrected chi connectivity index (χ0v) is 14.5. The van der Waals surface area contributed by atoms with Crippen LogP contribution in [0, 0.1) is 0 Å². The molecule has 1 heterocycles. The number of rotatable bonds is 7. The van der Waals surface area contributed by atoms with Gasteiger partial charge in [-0.1, -0.05) is 6.07 Å². The maximum Gasteiger partial charge on any atom is 0.191 e. The van der Waals surface area contributed by atoms with Gasteiger partial charge in [0.25, 0.3) is 0 Å². The number of hydrogen-bond donors (Lipinski definition) is 2. The Hall–Kier alpha value is -2.21. The lowest BCUT2D eigenvalue weighted by molar-refractivity contribution is 0.223. The summed E-state index contributed by atoms with van der Waals surface area (Å²) in [5.41, 5.74) is 0. The summed E-state index contributed by atoms with van der Waals surface area (Å²) in [6.07, 6.45) is 0.0173. The number of nitrogens with zero attached hydrogens (tertiary/aromatic N) is 1. The zero-order valence-electron chi connectivity index (χ0n) is 13.7. The predicted octanol–water partition coefficient (Wildman–Crippen LogP) is 2.89. The van der Waals surface area contributed by atoms with Gasteiger partial charge in [-0.25, -0.2) is 0 Å². The van der Waals surface area contributed by atoms with Crippen LogP contribution in [0.2, 0.25) is 0 Å². The number of ether oxygens (including phenoxy) is 2. The molecule has 0 spiro atoms. The zero-order chi connectivity index (χ0) is 16.5. The Morgan fingerprint density at radius 1 is 1.17 bits per heavy atom. The van der Waals surface area contributed by atoms with E-state index in [0.717, 1.165) is 24.0 Å². The van der Waals surface area contributed by atoms with E-state index in [1.165, 1.54) is 4.88 Å². The number of aliphatic imine (C=N–C) groups is 1. The molecule has 124 valence electrons. The molecule has 0 fully saturated rings. The van der Waals surface area contributed by atoms with E-state index >= 15 is 0 Å². The number of benzene rings is 1. The highest BCUT2D eigenvalue weighted by molar-refractivity contribution is 7.09. The predicted molar refractivity (Wildman–Crippen MR) is 95.6 cm³/mol. The normalized spacial score (nSPS) is 12.6. The van der Waals surface area contributed by atoms with Crippen molar-refractivity contribution in [3.8, 4) is 11.5 Å². The first-order valence-corrected chi connectivity index (χ1v) is 8.37. The van der Waals surface area contributed by atoms with Gasteiger partial charge in [-0.3, -0.25) is 4.99 Å². The van der Waals surface area contributed by atoms with Crippen LogP contribution in [0.3, 0.4) is 0 Å². The van der Waals surface area contributed by atoms with Gasteiger partial charge < -0.3 is 20.1 Å². The van der Waals surface area contributed by atoms with Crippen molar-refractivity contribution in [3.63, 3.8) is 0 Å². The molecule has 0 aliphatic heterocycles. The average Bonchev–Trinajstić information content (AvgIpc) is 3.09. The molecule has 0 bridgehead atoms. The monoisotopic (exact) mass is 333 g/mol. The van der Waals surface area contributed by atoms with Crippen molar-refractivity contribution >= 4 is 17.3 Å². The smallest absolute Gasteiger partial charge is 0.191 e. The summed E-state index contributed by atoms with van der Waals surface area (Å²) in [5.74, 6) is 2.41. The van der Waals surface area contributed by atoms with Gasteiger partial charge in [-0.05, 0) is 42.6 Å². The van der Waals surface area contributed by atoms with E-state index in [-0.39, 0.29) is 6.10 Å². The molecule has 2 N–H and O–H groups in total. The van der Waals surface area contributed by atoms with Gasteiger partial charge in [-0.2, -0.15) is 0 Å². The highest BCUT2D eigenvalue weighted by Gasteiger charge is 2.06. The molecule has 5 nitrogen and oxygen atoms in total. The molecular formula is C17H23N3O2S. The Balaban J connectivity index is 1.74. The van der Waals surface area contributed by atoms with Gasteiger partial charge >= 0.3 is 0 Å². The third-order valence-corrected chi connectivity index (χ3v) is 4.06. The van der Waals surface area contributed by atoms with Crippen molar-refractivity contribution in [2.75, 3.05) is 20.7 Å². The van der Waals surface area contributed by atoms with Crippen LogP contribution in [0.4, 0.5) is 0 Å². The summed E-state index contributed by atoms with van der Waals surface area (Å²) < 4.78 is 11.0. The van der Waals surface area contributed by atoms with Gasteiger partial charge in [0.1, 0.15) is 17.6 Å². The van der Waals surface area contributed by atoms with Crippen molar-refractivity contribution in [3.05, 3.63) is 46.7 Å². The SMILES string of the molecule is CN=C(NCc1cccs1)NCC(C)Oc1ccc(OC)cc1. The average molecular weight is 333 g/mol. The minimum atomic E-state index is 0.0173. The second-order valence-electron chi connectivity index (χ2n) is 4.99. The topological polar surface area (TPSA) is 54.9 Å². The Bertz CT molecular complexity index is 597. The fourth-order valence-corrected chi connectivity index (χ4v) is 2.62. The van der Waals surface area contributed by atoms with Crippen molar-refractivity contribution in [1.82, 2.24) is 10.6 Å². The van der Waals surface area contributed by atoms with Crippen LogP contribution in [-0.4, -0.2) is 32.8 Å². The fraction of sp³-hybridized carbons (Fsp3) is 0.353. The van der Waals surface area contributed by atoms with Gasteiger partial charge in [-0.15, -0.1) is 11.3 Å². The summed E-state index contributed by atoms with van der Waals surface area (Å²) in [7, 11) is 3.41. The minimum absolute atomic E-state index is 0.0173. The lowest BCUT2D eigenvalue weighted by Crippen LogP contribution is -2.41. The largest absolute Gasteiger partial charge is 0.497 e. The minimum Gasteiger partial charge on any atom is -0.497 e. The van der Waals surface area contributed by atoms with Crippen LogP contribution >= 0.6 is 11.3 Å². The van der Waals surface area contributed by atoms with E-state index in [0.29, 0.717) is 6.54 Å². The maximum atomic E-state index is 5.86. The molecule has 2 rings (SSSR count). The number of nitrogens with one attached hydrogen (secondary N) is 2. The van der Waals surface area contributed by atoms with Crippen LogP contribution < -0.4 is 20.1 Å². The molecule has 1 aromatic heterocycles. The third kappa shape index (κ3) is 5.83. The Morgan fingerprint density at radius 2 is 1.91 bits per heavy atom. The third-order valence-electron chi connectivity index (χ3n) is 3.19. The highest BCUT2D eigenvalue weighted by atomic mass is 32.1. The molecular weight excluding hydrogens is 310 g/mol. The second kappa shape index (κ2) is 9.05. The summed E-state index contributed by atoms with van der Waals surface area (Å²) in [4.78, 5) is 5.49. The van der Waals surface area contributed by atoms with Crippen LogP contribution in [-0.2, 0) is 6.54 Å². The molecule has 0 aliphatic rings. The number of guanidine groups is 1. The van der Waals surface area contributed by atoms with Crippen LogP contribution in [0.1, 0.15) is 11.8 Å². The van der Waals surface area contributed by atoms with Crippen LogP contribution in [0.5, 0.6) is 11.5 Å². The molecule has 0 amide bonds. The first-order chi connectivity index (χ1) is 11.2. The second-order valence-corrected chi connectivity index (χ2v) is 6.02.